The van der Waals surface area contributed by atoms with Crippen molar-refractivity contribution in [3.8, 4) is 5.75 Å². The van der Waals surface area contributed by atoms with Crippen molar-refractivity contribution in [2.75, 3.05) is 12.4 Å². The topological polar surface area (TPSA) is 51.5 Å². The maximum atomic E-state index is 13.1. The van der Waals surface area contributed by atoms with Crippen molar-refractivity contribution >= 4 is 56.7 Å². The van der Waals surface area contributed by atoms with Crippen molar-refractivity contribution in [3.63, 3.8) is 0 Å². The Labute approximate surface area is 159 Å². The Morgan fingerprint density at radius 3 is 2.65 bits per heavy atom. The summed E-state index contributed by atoms with van der Waals surface area (Å²) in [7, 11) is 1.52. The third-order valence-electron chi connectivity index (χ3n) is 4.13. The van der Waals surface area contributed by atoms with Crippen LogP contribution in [0.4, 0.5) is 5.69 Å². The third kappa shape index (κ3) is 2.77. The Morgan fingerprint density at radius 2 is 1.85 bits per heavy atom. The van der Waals surface area contributed by atoms with Crippen molar-refractivity contribution in [2.24, 2.45) is 0 Å². The van der Waals surface area contributed by atoms with Gasteiger partial charge in [0.05, 0.1) is 23.4 Å². The molecule has 4 aromatic rings. The van der Waals surface area contributed by atoms with Gasteiger partial charge in [-0.1, -0.05) is 41.4 Å². The average molecular weight is 386 g/mol. The molecule has 0 fully saturated rings. The van der Waals surface area contributed by atoms with E-state index in [1.807, 2.05) is 24.3 Å². The van der Waals surface area contributed by atoms with Crippen LogP contribution in [0.3, 0.4) is 0 Å². The van der Waals surface area contributed by atoms with Crippen LogP contribution in [0.2, 0.25) is 10.0 Å². The van der Waals surface area contributed by atoms with Crippen molar-refractivity contribution in [3.05, 3.63) is 70.2 Å². The Hall–Kier alpha value is -2.69. The number of ether oxygens (including phenoxy) is 1. The summed E-state index contributed by atoms with van der Waals surface area (Å²) in [5, 5.41) is 5.21. The van der Waals surface area contributed by atoms with Gasteiger partial charge in [0.15, 0.2) is 0 Å². The number of fused-ring (bicyclic) bond motifs is 3. The highest BCUT2D eigenvalue weighted by molar-refractivity contribution is 6.36. The highest BCUT2D eigenvalue weighted by Gasteiger charge is 2.21. The fraction of sp³-hybridized carbons (Fsp3) is 0.0500. The minimum atomic E-state index is -0.358. The van der Waals surface area contributed by atoms with E-state index in [0.29, 0.717) is 43.6 Å². The van der Waals surface area contributed by atoms with Gasteiger partial charge in [0.25, 0.3) is 5.91 Å². The fourth-order valence-electron chi connectivity index (χ4n) is 2.97. The van der Waals surface area contributed by atoms with Crippen LogP contribution in [-0.2, 0) is 0 Å². The largest absolute Gasteiger partial charge is 0.496 e. The highest BCUT2D eigenvalue weighted by Crippen LogP contribution is 2.37. The molecular weight excluding hydrogens is 373 g/mol. The molecule has 0 saturated heterocycles. The summed E-state index contributed by atoms with van der Waals surface area (Å²) in [5.74, 6) is 0.0860. The SMILES string of the molecule is COc1ccc2oc3ccccc3c2c1C(=O)Nc1cc(Cl)ccc1Cl. The van der Waals surface area contributed by atoms with Gasteiger partial charge in [-0.3, -0.25) is 4.79 Å². The van der Waals surface area contributed by atoms with E-state index in [4.69, 9.17) is 32.4 Å². The molecule has 0 atom stereocenters. The minimum absolute atomic E-state index is 0.358. The number of furan rings is 1. The van der Waals surface area contributed by atoms with Crippen molar-refractivity contribution in [1.29, 1.82) is 0 Å². The number of carbonyl (C=O) groups is 1. The number of para-hydroxylation sites is 1. The summed E-state index contributed by atoms with van der Waals surface area (Å²) in [6.07, 6.45) is 0. The molecule has 0 radical (unpaired) electrons. The van der Waals surface area contributed by atoms with Gasteiger partial charge in [0, 0.05) is 15.8 Å². The van der Waals surface area contributed by atoms with E-state index in [1.165, 1.54) is 7.11 Å². The first kappa shape index (κ1) is 16.8. The van der Waals surface area contributed by atoms with Crippen LogP contribution in [0.1, 0.15) is 10.4 Å². The highest BCUT2D eigenvalue weighted by atomic mass is 35.5. The van der Waals surface area contributed by atoms with E-state index >= 15 is 0 Å². The second-order valence-electron chi connectivity index (χ2n) is 5.69. The van der Waals surface area contributed by atoms with E-state index in [0.717, 1.165) is 5.39 Å². The first-order valence-electron chi connectivity index (χ1n) is 7.83. The smallest absolute Gasteiger partial charge is 0.260 e. The lowest BCUT2D eigenvalue weighted by Gasteiger charge is -2.12. The lowest BCUT2D eigenvalue weighted by Crippen LogP contribution is -2.14. The molecule has 1 aromatic heterocycles. The monoisotopic (exact) mass is 385 g/mol. The normalized spacial score (nSPS) is 11.0. The van der Waals surface area contributed by atoms with E-state index < -0.39 is 0 Å². The summed E-state index contributed by atoms with van der Waals surface area (Å²) in [6.45, 7) is 0. The molecule has 0 aliphatic rings. The van der Waals surface area contributed by atoms with Gasteiger partial charge in [-0.2, -0.15) is 0 Å². The molecule has 0 aliphatic heterocycles. The number of amides is 1. The van der Waals surface area contributed by atoms with Crippen LogP contribution < -0.4 is 10.1 Å². The summed E-state index contributed by atoms with van der Waals surface area (Å²) in [4.78, 5) is 13.1. The molecule has 1 heterocycles. The summed E-state index contributed by atoms with van der Waals surface area (Å²) >= 11 is 12.2. The van der Waals surface area contributed by atoms with Crippen LogP contribution in [0.5, 0.6) is 5.75 Å². The third-order valence-corrected chi connectivity index (χ3v) is 4.69. The predicted octanol–water partition coefficient (Wildman–Crippen LogP) is 6.15. The van der Waals surface area contributed by atoms with E-state index in [-0.39, 0.29) is 5.91 Å². The molecule has 1 N–H and O–H groups in total. The molecule has 26 heavy (non-hydrogen) atoms. The van der Waals surface area contributed by atoms with Crippen molar-refractivity contribution < 1.29 is 13.9 Å². The van der Waals surface area contributed by atoms with Crippen LogP contribution in [-0.4, -0.2) is 13.0 Å². The second-order valence-corrected chi connectivity index (χ2v) is 6.54. The fourth-order valence-corrected chi connectivity index (χ4v) is 3.31. The Balaban J connectivity index is 1.91. The minimum Gasteiger partial charge on any atom is -0.496 e. The first-order chi connectivity index (χ1) is 12.6. The lowest BCUT2D eigenvalue weighted by molar-refractivity contribution is 0.102. The van der Waals surface area contributed by atoms with Gasteiger partial charge in [-0.05, 0) is 36.4 Å². The molecule has 0 saturated carbocycles. The molecule has 1 amide bonds. The molecule has 0 aliphatic carbocycles. The van der Waals surface area contributed by atoms with E-state index in [2.05, 4.69) is 5.32 Å². The number of rotatable bonds is 3. The maximum Gasteiger partial charge on any atom is 0.260 e. The van der Waals surface area contributed by atoms with Crippen LogP contribution in [0, 0.1) is 0 Å². The van der Waals surface area contributed by atoms with Gasteiger partial charge < -0.3 is 14.5 Å². The van der Waals surface area contributed by atoms with Crippen molar-refractivity contribution in [1.82, 2.24) is 0 Å². The summed E-state index contributed by atoms with van der Waals surface area (Å²) in [6, 6.07) is 15.9. The van der Waals surface area contributed by atoms with Gasteiger partial charge in [0.1, 0.15) is 16.9 Å². The maximum absolute atomic E-state index is 13.1. The molecule has 4 rings (SSSR count). The first-order valence-corrected chi connectivity index (χ1v) is 8.58. The number of nitrogens with one attached hydrogen (secondary N) is 1. The van der Waals surface area contributed by atoms with Gasteiger partial charge in [-0.25, -0.2) is 0 Å². The molecular formula is C20H13Cl2NO3. The zero-order valence-electron chi connectivity index (χ0n) is 13.7. The summed E-state index contributed by atoms with van der Waals surface area (Å²) in [5.41, 5.74) is 2.11. The van der Waals surface area contributed by atoms with E-state index in [1.54, 1.807) is 30.3 Å². The van der Waals surface area contributed by atoms with Gasteiger partial charge >= 0.3 is 0 Å². The molecule has 6 heteroatoms. The second kappa shape index (κ2) is 6.56. The number of carbonyl (C=O) groups excluding carboxylic acids is 1. The predicted molar refractivity (Wildman–Crippen MR) is 105 cm³/mol. The number of methoxy groups -OCH3 is 1. The Morgan fingerprint density at radius 1 is 1.04 bits per heavy atom. The van der Waals surface area contributed by atoms with Crippen LogP contribution in [0.25, 0.3) is 21.9 Å². The van der Waals surface area contributed by atoms with Crippen molar-refractivity contribution in [2.45, 2.75) is 0 Å². The summed E-state index contributed by atoms with van der Waals surface area (Å²) < 4.78 is 11.3. The molecule has 0 unspecified atom stereocenters. The molecule has 130 valence electrons. The number of benzene rings is 3. The lowest BCUT2D eigenvalue weighted by atomic mass is 10.0. The quantitative estimate of drug-likeness (QED) is 0.459. The molecule has 0 bridgehead atoms. The van der Waals surface area contributed by atoms with E-state index in [9.17, 15) is 4.79 Å². The number of hydrogen-bond acceptors (Lipinski definition) is 3. The Kier molecular flexibility index (Phi) is 4.23. The molecule has 3 aromatic carbocycles. The standard InChI is InChI=1S/C20H13Cl2NO3/c1-25-16-8-9-17-18(12-4-2-3-5-15(12)26-17)19(16)20(24)23-14-10-11(21)6-7-13(14)22/h2-10H,1H3,(H,23,24). The average Bonchev–Trinajstić information content (AvgIpc) is 3.02. The number of halogens is 2. The zero-order valence-corrected chi connectivity index (χ0v) is 15.2. The molecule has 4 nitrogen and oxygen atoms in total. The van der Waals surface area contributed by atoms with Gasteiger partial charge in [0.2, 0.25) is 0 Å². The van der Waals surface area contributed by atoms with Crippen LogP contribution in [0.15, 0.2) is 59.0 Å². The van der Waals surface area contributed by atoms with Gasteiger partial charge in [-0.15, -0.1) is 0 Å². The number of anilines is 1. The molecule has 0 spiro atoms. The number of hydrogen-bond donors (Lipinski definition) is 1. The Bertz CT molecular complexity index is 1150. The van der Waals surface area contributed by atoms with Crippen LogP contribution >= 0.6 is 23.2 Å². The zero-order chi connectivity index (χ0) is 18.3.